The first-order valence-corrected chi connectivity index (χ1v) is 10.3. The fraction of sp³-hybridized carbons (Fsp3) is 0.136. The molecule has 0 aliphatic rings. The Bertz CT molecular complexity index is 1340. The van der Waals surface area contributed by atoms with Gasteiger partial charge < -0.3 is 4.57 Å². The Hall–Kier alpha value is -3.85. The smallest absolute Gasteiger partial charge is 0.281 e. The second-order valence-electron chi connectivity index (χ2n) is 7.14. The summed E-state index contributed by atoms with van der Waals surface area (Å²) in [6.07, 6.45) is 3.42. The fourth-order valence-electron chi connectivity index (χ4n) is 3.33. The van der Waals surface area contributed by atoms with Gasteiger partial charge in [-0.1, -0.05) is 6.07 Å². The molecule has 0 radical (unpaired) electrons. The molecule has 0 saturated carbocycles. The molecule has 9 heteroatoms. The number of aryl methyl sites for hydroxylation is 2. The van der Waals surface area contributed by atoms with Crippen molar-refractivity contribution in [2.24, 2.45) is 5.10 Å². The van der Waals surface area contributed by atoms with E-state index in [1.54, 1.807) is 18.3 Å². The number of non-ortho nitro benzene ring substituents is 1. The maximum atomic E-state index is 12.5. The topological polar surface area (TPSA) is 102 Å². The maximum absolute atomic E-state index is 12.5. The third kappa shape index (κ3) is 4.08. The standard InChI is InChI=1S/C22H19N5O3S/c1-13-4-7-21(23-11-13)26-14(2)8-17(15(26)3)12-24-25-22(28)20-10-16-9-18(27(29)30)5-6-19(16)31-20/h4-12H,1-3H3,(H,25,28)/b24-12-. The average molecular weight is 433 g/mol. The van der Waals surface area contributed by atoms with Crippen LogP contribution in [0.15, 0.2) is 53.8 Å². The highest BCUT2D eigenvalue weighted by Gasteiger charge is 2.14. The summed E-state index contributed by atoms with van der Waals surface area (Å²) < 4.78 is 2.83. The van der Waals surface area contributed by atoms with Crippen molar-refractivity contribution in [1.29, 1.82) is 0 Å². The highest BCUT2D eigenvalue weighted by molar-refractivity contribution is 7.20. The Balaban J connectivity index is 1.51. The van der Waals surface area contributed by atoms with Crippen LogP contribution in [0.1, 0.15) is 32.2 Å². The Kier molecular flexibility index (Phi) is 5.35. The van der Waals surface area contributed by atoms with Gasteiger partial charge in [-0.25, -0.2) is 10.4 Å². The molecule has 3 aromatic heterocycles. The summed E-state index contributed by atoms with van der Waals surface area (Å²) in [6, 6.07) is 12.1. The Morgan fingerprint density at radius 3 is 2.71 bits per heavy atom. The van der Waals surface area contributed by atoms with Crippen molar-refractivity contribution in [3.05, 3.63) is 86.2 Å². The second kappa shape index (κ2) is 8.11. The normalized spacial score (nSPS) is 11.3. The molecule has 0 atom stereocenters. The summed E-state index contributed by atoms with van der Waals surface area (Å²) in [6.45, 7) is 5.95. The van der Waals surface area contributed by atoms with Crippen LogP contribution in [0.4, 0.5) is 5.69 Å². The first-order chi connectivity index (χ1) is 14.8. The summed E-state index contributed by atoms with van der Waals surface area (Å²) >= 11 is 1.26. The van der Waals surface area contributed by atoms with Crippen molar-refractivity contribution in [3.63, 3.8) is 0 Å². The van der Waals surface area contributed by atoms with E-state index in [1.807, 2.05) is 49.7 Å². The second-order valence-corrected chi connectivity index (χ2v) is 8.23. The average Bonchev–Trinajstić information content (AvgIpc) is 3.29. The Morgan fingerprint density at radius 1 is 1.19 bits per heavy atom. The SMILES string of the molecule is Cc1ccc(-n2c(C)cc(/C=N\NC(=O)c3cc4cc([N+](=O)[O-])ccc4s3)c2C)nc1. The van der Waals surface area contributed by atoms with Crippen LogP contribution in [0, 0.1) is 30.9 Å². The molecule has 0 aliphatic carbocycles. The minimum Gasteiger partial charge on any atom is -0.303 e. The highest BCUT2D eigenvalue weighted by atomic mass is 32.1. The van der Waals surface area contributed by atoms with Gasteiger partial charge in [-0.05, 0) is 50.6 Å². The maximum Gasteiger partial charge on any atom is 0.281 e. The number of hydrogen-bond donors (Lipinski definition) is 1. The van der Waals surface area contributed by atoms with Gasteiger partial charge in [0.1, 0.15) is 5.82 Å². The van der Waals surface area contributed by atoms with E-state index in [1.165, 1.54) is 23.5 Å². The summed E-state index contributed by atoms with van der Waals surface area (Å²) in [5.74, 6) is 0.456. The van der Waals surface area contributed by atoms with Gasteiger partial charge in [-0.2, -0.15) is 5.10 Å². The molecule has 0 bridgehead atoms. The lowest BCUT2D eigenvalue weighted by atomic mass is 10.2. The molecule has 1 N–H and O–H groups in total. The molecule has 0 saturated heterocycles. The van der Waals surface area contributed by atoms with E-state index in [9.17, 15) is 14.9 Å². The molecule has 1 aromatic carbocycles. The molecule has 0 aliphatic heterocycles. The number of carbonyl (C=O) groups excluding carboxylic acids is 1. The molecule has 0 fully saturated rings. The molecule has 4 rings (SSSR count). The van der Waals surface area contributed by atoms with Crippen LogP contribution in [0.25, 0.3) is 15.9 Å². The predicted molar refractivity (Wildman–Crippen MR) is 121 cm³/mol. The number of amides is 1. The molecule has 0 unspecified atom stereocenters. The van der Waals surface area contributed by atoms with Gasteiger partial charge in [0, 0.05) is 45.4 Å². The number of thiophene rings is 1. The molecule has 3 heterocycles. The van der Waals surface area contributed by atoms with Gasteiger partial charge >= 0.3 is 0 Å². The van der Waals surface area contributed by atoms with E-state index < -0.39 is 4.92 Å². The van der Waals surface area contributed by atoms with Crippen molar-refractivity contribution in [1.82, 2.24) is 15.0 Å². The number of rotatable bonds is 5. The van der Waals surface area contributed by atoms with E-state index in [0.29, 0.717) is 10.3 Å². The summed E-state index contributed by atoms with van der Waals surface area (Å²) in [5.41, 5.74) is 6.45. The van der Waals surface area contributed by atoms with Gasteiger partial charge in [0.15, 0.2) is 0 Å². The number of pyridine rings is 1. The van der Waals surface area contributed by atoms with Gasteiger partial charge in [-0.3, -0.25) is 14.9 Å². The first kappa shape index (κ1) is 20.4. The van der Waals surface area contributed by atoms with Crippen LogP contribution >= 0.6 is 11.3 Å². The van der Waals surface area contributed by atoms with E-state index in [4.69, 9.17) is 0 Å². The van der Waals surface area contributed by atoms with Crippen molar-refractivity contribution >= 4 is 39.2 Å². The zero-order chi connectivity index (χ0) is 22.1. The summed E-state index contributed by atoms with van der Waals surface area (Å²) in [5, 5.41) is 15.7. The fourth-order valence-corrected chi connectivity index (χ4v) is 4.27. The van der Waals surface area contributed by atoms with Crippen molar-refractivity contribution in [3.8, 4) is 5.82 Å². The lowest BCUT2D eigenvalue weighted by Crippen LogP contribution is -2.16. The number of fused-ring (bicyclic) bond motifs is 1. The number of hydrazone groups is 1. The number of nitro benzene ring substituents is 1. The minimum absolute atomic E-state index is 0.00583. The molecular formula is C22H19N5O3S. The van der Waals surface area contributed by atoms with E-state index in [-0.39, 0.29) is 11.6 Å². The number of hydrogen-bond acceptors (Lipinski definition) is 6. The van der Waals surface area contributed by atoms with Crippen LogP contribution in [-0.4, -0.2) is 26.6 Å². The third-order valence-electron chi connectivity index (χ3n) is 4.90. The highest BCUT2D eigenvalue weighted by Crippen LogP contribution is 2.29. The Labute approximate surface area is 182 Å². The van der Waals surface area contributed by atoms with Crippen LogP contribution in [-0.2, 0) is 0 Å². The van der Waals surface area contributed by atoms with Crippen LogP contribution in [0.3, 0.4) is 0 Å². The summed E-state index contributed by atoms with van der Waals surface area (Å²) in [7, 11) is 0. The van der Waals surface area contributed by atoms with E-state index >= 15 is 0 Å². The third-order valence-corrected chi connectivity index (χ3v) is 6.01. The zero-order valence-corrected chi connectivity index (χ0v) is 17.9. The molecular weight excluding hydrogens is 414 g/mol. The largest absolute Gasteiger partial charge is 0.303 e. The Morgan fingerprint density at radius 2 is 2.00 bits per heavy atom. The van der Waals surface area contributed by atoms with Crippen LogP contribution in [0.2, 0.25) is 0 Å². The van der Waals surface area contributed by atoms with Gasteiger partial charge in [0.2, 0.25) is 0 Å². The number of nitrogens with zero attached hydrogens (tertiary/aromatic N) is 4. The molecule has 8 nitrogen and oxygen atoms in total. The van der Waals surface area contributed by atoms with Gasteiger partial charge in [-0.15, -0.1) is 11.3 Å². The van der Waals surface area contributed by atoms with Crippen LogP contribution < -0.4 is 5.43 Å². The number of nitrogens with one attached hydrogen (secondary N) is 1. The molecule has 31 heavy (non-hydrogen) atoms. The monoisotopic (exact) mass is 433 g/mol. The molecule has 0 spiro atoms. The van der Waals surface area contributed by atoms with E-state index in [0.717, 1.165) is 33.0 Å². The van der Waals surface area contributed by atoms with Crippen molar-refractivity contribution < 1.29 is 9.72 Å². The van der Waals surface area contributed by atoms with Gasteiger partial charge in [0.25, 0.3) is 11.6 Å². The minimum atomic E-state index is -0.455. The lowest BCUT2D eigenvalue weighted by Gasteiger charge is -2.08. The number of aromatic nitrogens is 2. The number of benzene rings is 1. The summed E-state index contributed by atoms with van der Waals surface area (Å²) in [4.78, 5) is 27.9. The molecule has 1 amide bonds. The van der Waals surface area contributed by atoms with E-state index in [2.05, 4.69) is 15.5 Å². The number of nitro groups is 1. The van der Waals surface area contributed by atoms with Gasteiger partial charge in [0.05, 0.1) is 16.0 Å². The van der Waals surface area contributed by atoms with Crippen molar-refractivity contribution in [2.45, 2.75) is 20.8 Å². The quantitative estimate of drug-likeness (QED) is 0.280. The predicted octanol–water partition coefficient (Wildman–Crippen LogP) is 4.68. The molecule has 156 valence electrons. The van der Waals surface area contributed by atoms with Crippen LogP contribution in [0.5, 0.6) is 0 Å². The lowest BCUT2D eigenvalue weighted by molar-refractivity contribution is -0.384. The zero-order valence-electron chi connectivity index (χ0n) is 17.1. The number of carbonyl (C=O) groups is 1. The molecule has 4 aromatic rings. The van der Waals surface area contributed by atoms with Crippen molar-refractivity contribution in [2.75, 3.05) is 0 Å². The first-order valence-electron chi connectivity index (χ1n) is 9.47.